The van der Waals surface area contributed by atoms with E-state index >= 15 is 0 Å². The van der Waals surface area contributed by atoms with Crippen LogP contribution < -0.4 is 5.32 Å². The Bertz CT molecular complexity index is 409. The molecule has 6 heteroatoms. The molecule has 1 unspecified atom stereocenters. The average molecular weight is 359 g/mol. The molecule has 0 aliphatic heterocycles. The normalized spacial score (nSPS) is 13.6. The summed E-state index contributed by atoms with van der Waals surface area (Å²) in [5.41, 5.74) is 0.725. The number of hydrogen-bond donors (Lipinski definition) is 1. The molecule has 0 bridgehead atoms. The molecule has 1 aromatic rings. The lowest BCUT2D eigenvalue weighted by Gasteiger charge is -2.20. The van der Waals surface area contributed by atoms with E-state index in [-0.39, 0.29) is 6.42 Å². The van der Waals surface area contributed by atoms with Crippen LogP contribution in [0.2, 0.25) is 5.02 Å². The predicted molar refractivity (Wildman–Crippen MR) is 75.6 cm³/mol. The van der Waals surface area contributed by atoms with Crippen molar-refractivity contribution in [3.63, 3.8) is 0 Å². The third kappa shape index (κ3) is 6.63. The van der Waals surface area contributed by atoms with Crippen molar-refractivity contribution in [2.75, 3.05) is 6.54 Å². The molecule has 0 fully saturated rings. The Kier molecular flexibility index (Phi) is 6.63. The molecule has 0 amide bonds. The number of rotatable bonds is 6. The zero-order chi connectivity index (χ0) is 14.5. The standard InChI is InChI=1S/C13H16BrClF3N/c1-2-5-19-11(8-13(16,17)18)6-9-3-4-10(14)7-12(9)15/h3-4,7,11,19H,2,5-6,8H2,1H3. The summed E-state index contributed by atoms with van der Waals surface area (Å²) in [6.07, 6.45) is -3.96. The van der Waals surface area contributed by atoms with Gasteiger partial charge < -0.3 is 5.32 Å². The summed E-state index contributed by atoms with van der Waals surface area (Å²) in [7, 11) is 0. The van der Waals surface area contributed by atoms with E-state index < -0.39 is 18.6 Å². The van der Waals surface area contributed by atoms with E-state index in [9.17, 15) is 13.2 Å². The summed E-state index contributed by atoms with van der Waals surface area (Å²) in [5.74, 6) is 0. The fourth-order valence-corrected chi connectivity index (χ4v) is 2.55. The van der Waals surface area contributed by atoms with Crippen molar-refractivity contribution in [3.05, 3.63) is 33.3 Å². The summed E-state index contributed by atoms with van der Waals surface area (Å²) in [6, 6.07) is 4.59. The fourth-order valence-electron chi connectivity index (χ4n) is 1.80. The minimum Gasteiger partial charge on any atom is -0.313 e. The van der Waals surface area contributed by atoms with E-state index in [4.69, 9.17) is 11.6 Å². The Morgan fingerprint density at radius 2 is 2.05 bits per heavy atom. The van der Waals surface area contributed by atoms with Crippen molar-refractivity contribution in [1.82, 2.24) is 5.32 Å². The first-order valence-corrected chi connectivity index (χ1v) is 7.23. The SMILES string of the molecule is CCCNC(Cc1ccc(Br)cc1Cl)CC(F)(F)F. The van der Waals surface area contributed by atoms with Crippen molar-refractivity contribution in [2.24, 2.45) is 0 Å². The number of hydrogen-bond acceptors (Lipinski definition) is 1. The van der Waals surface area contributed by atoms with Crippen LogP contribution >= 0.6 is 27.5 Å². The van der Waals surface area contributed by atoms with Gasteiger partial charge in [-0.3, -0.25) is 0 Å². The van der Waals surface area contributed by atoms with Gasteiger partial charge in [0.1, 0.15) is 0 Å². The largest absolute Gasteiger partial charge is 0.390 e. The number of halogens is 5. The van der Waals surface area contributed by atoms with Gasteiger partial charge in [0.15, 0.2) is 0 Å². The first-order valence-electron chi connectivity index (χ1n) is 6.06. The van der Waals surface area contributed by atoms with E-state index in [2.05, 4.69) is 21.2 Å². The minimum atomic E-state index is -4.17. The van der Waals surface area contributed by atoms with Gasteiger partial charge in [0.05, 0.1) is 6.42 Å². The average Bonchev–Trinajstić information content (AvgIpc) is 2.27. The smallest absolute Gasteiger partial charge is 0.313 e. The summed E-state index contributed by atoms with van der Waals surface area (Å²) in [6.45, 7) is 2.49. The maximum absolute atomic E-state index is 12.5. The van der Waals surface area contributed by atoms with Crippen molar-refractivity contribution >= 4 is 27.5 Å². The van der Waals surface area contributed by atoms with E-state index in [1.165, 1.54) is 0 Å². The van der Waals surface area contributed by atoms with Crippen molar-refractivity contribution < 1.29 is 13.2 Å². The molecule has 0 spiro atoms. The second-order valence-corrected chi connectivity index (χ2v) is 5.73. The minimum absolute atomic E-state index is 0.269. The van der Waals surface area contributed by atoms with Crippen molar-refractivity contribution in [1.29, 1.82) is 0 Å². The van der Waals surface area contributed by atoms with Crippen LogP contribution in [0.5, 0.6) is 0 Å². The Hall–Kier alpha value is -0.260. The Morgan fingerprint density at radius 1 is 1.37 bits per heavy atom. The quantitative estimate of drug-likeness (QED) is 0.757. The molecule has 0 heterocycles. The molecule has 0 aliphatic rings. The second kappa shape index (κ2) is 7.50. The third-order valence-electron chi connectivity index (χ3n) is 2.64. The predicted octanol–water partition coefficient (Wildman–Crippen LogP) is 4.97. The molecule has 1 nitrogen and oxygen atoms in total. The van der Waals surface area contributed by atoms with Gasteiger partial charge in [-0.15, -0.1) is 0 Å². The number of nitrogens with one attached hydrogen (secondary N) is 1. The molecule has 1 atom stereocenters. The first-order chi connectivity index (χ1) is 8.81. The van der Waals surface area contributed by atoms with E-state index in [1.54, 1.807) is 18.2 Å². The van der Waals surface area contributed by atoms with Crippen LogP contribution in [-0.2, 0) is 6.42 Å². The molecule has 0 saturated heterocycles. The Balaban J connectivity index is 2.75. The fraction of sp³-hybridized carbons (Fsp3) is 0.538. The molecule has 0 aromatic heterocycles. The zero-order valence-corrected chi connectivity index (χ0v) is 12.9. The molecular weight excluding hydrogens is 343 g/mol. The van der Waals surface area contributed by atoms with Gasteiger partial charge in [-0.1, -0.05) is 40.5 Å². The van der Waals surface area contributed by atoms with Crippen molar-refractivity contribution in [2.45, 2.75) is 38.4 Å². The highest BCUT2D eigenvalue weighted by Gasteiger charge is 2.31. The monoisotopic (exact) mass is 357 g/mol. The van der Waals surface area contributed by atoms with Gasteiger partial charge in [0.25, 0.3) is 0 Å². The van der Waals surface area contributed by atoms with Crippen LogP contribution in [0.4, 0.5) is 13.2 Å². The molecule has 1 aromatic carbocycles. The van der Waals surface area contributed by atoms with Crippen LogP contribution in [0.1, 0.15) is 25.3 Å². The summed E-state index contributed by atoms with van der Waals surface area (Å²) in [5, 5.41) is 3.41. The number of benzene rings is 1. The molecule has 108 valence electrons. The molecule has 0 radical (unpaired) electrons. The topological polar surface area (TPSA) is 12.0 Å². The van der Waals surface area contributed by atoms with Gasteiger partial charge in [0.2, 0.25) is 0 Å². The highest BCUT2D eigenvalue weighted by Crippen LogP contribution is 2.26. The van der Waals surface area contributed by atoms with E-state index in [1.807, 2.05) is 6.92 Å². The van der Waals surface area contributed by atoms with Crippen molar-refractivity contribution in [3.8, 4) is 0 Å². The number of alkyl halides is 3. The van der Waals surface area contributed by atoms with E-state index in [0.29, 0.717) is 11.6 Å². The first kappa shape index (κ1) is 16.8. The van der Waals surface area contributed by atoms with Crippen LogP contribution in [0.15, 0.2) is 22.7 Å². The van der Waals surface area contributed by atoms with Crippen LogP contribution in [-0.4, -0.2) is 18.8 Å². The Morgan fingerprint density at radius 3 is 2.58 bits per heavy atom. The van der Waals surface area contributed by atoms with Gasteiger partial charge in [0, 0.05) is 15.5 Å². The lowest BCUT2D eigenvalue weighted by Crippen LogP contribution is -2.36. The van der Waals surface area contributed by atoms with E-state index in [0.717, 1.165) is 16.5 Å². The maximum Gasteiger partial charge on any atom is 0.390 e. The molecule has 1 rings (SSSR count). The molecule has 0 saturated carbocycles. The highest BCUT2D eigenvalue weighted by molar-refractivity contribution is 9.10. The molecule has 19 heavy (non-hydrogen) atoms. The van der Waals surface area contributed by atoms with Crippen LogP contribution in [0, 0.1) is 0 Å². The third-order valence-corrected chi connectivity index (χ3v) is 3.49. The summed E-state index contributed by atoms with van der Waals surface area (Å²) in [4.78, 5) is 0. The second-order valence-electron chi connectivity index (χ2n) is 4.41. The summed E-state index contributed by atoms with van der Waals surface area (Å²) < 4.78 is 38.4. The lowest BCUT2D eigenvalue weighted by atomic mass is 10.0. The van der Waals surface area contributed by atoms with Crippen LogP contribution in [0.25, 0.3) is 0 Å². The Labute approximate surface area is 124 Å². The maximum atomic E-state index is 12.5. The van der Waals surface area contributed by atoms with Gasteiger partial charge >= 0.3 is 6.18 Å². The molecule has 1 N–H and O–H groups in total. The summed E-state index contributed by atoms with van der Waals surface area (Å²) >= 11 is 9.31. The van der Waals surface area contributed by atoms with Gasteiger partial charge in [-0.05, 0) is 37.1 Å². The molecular formula is C13H16BrClF3N. The van der Waals surface area contributed by atoms with Gasteiger partial charge in [-0.25, -0.2) is 0 Å². The highest BCUT2D eigenvalue weighted by atomic mass is 79.9. The molecule has 0 aliphatic carbocycles. The lowest BCUT2D eigenvalue weighted by molar-refractivity contribution is -0.139. The zero-order valence-electron chi connectivity index (χ0n) is 10.5. The van der Waals surface area contributed by atoms with Gasteiger partial charge in [-0.2, -0.15) is 13.2 Å². The van der Waals surface area contributed by atoms with Crippen LogP contribution in [0.3, 0.4) is 0 Å².